The first-order valence-corrected chi connectivity index (χ1v) is 21.6. The van der Waals surface area contributed by atoms with Crippen LogP contribution in [0.15, 0.2) is 0 Å². The zero-order valence-corrected chi connectivity index (χ0v) is 34.2. The first kappa shape index (κ1) is 48.4. The summed E-state index contributed by atoms with van der Waals surface area (Å²) in [5, 5.41) is 0. The molecule has 0 saturated heterocycles. The number of esters is 2. The van der Waals surface area contributed by atoms with E-state index < -0.39 is 0 Å². The first-order chi connectivity index (χ1) is 24.3. The minimum atomic E-state index is -0.114. The Balaban J connectivity index is 5.23. The number of unbranched alkanes of at least 4 members (excludes halogenated alkanes) is 16. The van der Waals surface area contributed by atoms with Crippen LogP contribution in [0.4, 0.5) is 0 Å². The Bertz CT molecular complexity index is 741. The molecule has 0 aromatic rings. The SMILES string of the molecule is CCCCCCCCC(CCCCCC)C(=O)OCCN(CCOC(=O)C(CCCCCC)CCCCCCCC)C(=O)CCN(C)CCC. The van der Waals surface area contributed by atoms with E-state index in [9.17, 15) is 14.4 Å². The van der Waals surface area contributed by atoms with E-state index in [0.29, 0.717) is 26.1 Å². The average molecular weight is 709 g/mol. The predicted octanol–water partition coefficient (Wildman–Crippen LogP) is 11.3. The number of carbonyl (C=O) groups is 3. The van der Waals surface area contributed by atoms with Crippen LogP contribution in [0.1, 0.15) is 202 Å². The first-order valence-electron chi connectivity index (χ1n) is 21.6. The van der Waals surface area contributed by atoms with Gasteiger partial charge in [0.05, 0.1) is 24.9 Å². The Morgan fingerprint density at radius 1 is 0.440 bits per heavy atom. The number of hydrogen-bond acceptors (Lipinski definition) is 6. The highest BCUT2D eigenvalue weighted by atomic mass is 16.5. The Kier molecular flexibility index (Phi) is 34.6. The van der Waals surface area contributed by atoms with Crippen LogP contribution in [-0.4, -0.2) is 74.1 Å². The fraction of sp³-hybridized carbons (Fsp3) is 0.930. The molecule has 7 nitrogen and oxygen atoms in total. The molecule has 2 atom stereocenters. The van der Waals surface area contributed by atoms with Gasteiger partial charge in [0, 0.05) is 13.0 Å². The molecule has 0 saturated carbocycles. The number of carbonyl (C=O) groups excluding carboxylic acids is 3. The molecule has 0 aliphatic heterocycles. The van der Waals surface area contributed by atoms with Crippen molar-refractivity contribution in [1.82, 2.24) is 9.80 Å². The van der Waals surface area contributed by atoms with Gasteiger partial charge in [-0.25, -0.2) is 0 Å². The zero-order chi connectivity index (χ0) is 37.1. The Labute approximate surface area is 310 Å². The molecular weight excluding hydrogens is 624 g/mol. The van der Waals surface area contributed by atoms with Crippen molar-refractivity contribution in [2.75, 3.05) is 46.4 Å². The van der Waals surface area contributed by atoms with Crippen LogP contribution in [0.25, 0.3) is 0 Å². The second-order valence-electron chi connectivity index (χ2n) is 15.0. The van der Waals surface area contributed by atoms with Crippen molar-refractivity contribution >= 4 is 17.8 Å². The number of hydrogen-bond donors (Lipinski definition) is 0. The van der Waals surface area contributed by atoms with E-state index in [4.69, 9.17) is 9.47 Å². The van der Waals surface area contributed by atoms with Gasteiger partial charge in [0.15, 0.2) is 0 Å². The Morgan fingerprint density at radius 2 is 0.780 bits per heavy atom. The van der Waals surface area contributed by atoms with Crippen LogP contribution < -0.4 is 0 Å². The summed E-state index contributed by atoms with van der Waals surface area (Å²) in [5.41, 5.74) is 0. The van der Waals surface area contributed by atoms with Crippen molar-refractivity contribution in [3.63, 3.8) is 0 Å². The quantitative estimate of drug-likeness (QED) is 0.0472. The van der Waals surface area contributed by atoms with Gasteiger partial charge in [-0.1, -0.05) is 163 Å². The van der Waals surface area contributed by atoms with Gasteiger partial charge in [-0.05, 0) is 45.7 Å². The fourth-order valence-electron chi connectivity index (χ4n) is 6.79. The third-order valence-electron chi connectivity index (χ3n) is 10.2. The number of rotatable bonds is 37. The summed E-state index contributed by atoms with van der Waals surface area (Å²) >= 11 is 0. The topological polar surface area (TPSA) is 76.1 Å². The van der Waals surface area contributed by atoms with Crippen LogP contribution in [0.2, 0.25) is 0 Å². The van der Waals surface area contributed by atoms with Gasteiger partial charge in [0.25, 0.3) is 0 Å². The monoisotopic (exact) mass is 709 g/mol. The van der Waals surface area contributed by atoms with Gasteiger partial charge in [0.1, 0.15) is 13.2 Å². The molecule has 0 radical (unpaired) electrons. The lowest BCUT2D eigenvalue weighted by atomic mass is 9.94. The molecule has 50 heavy (non-hydrogen) atoms. The van der Waals surface area contributed by atoms with Gasteiger partial charge >= 0.3 is 11.9 Å². The summed E-state index contributed by atoms with van der Waals surface area (Å²) in [6.45, 7) is 13.7. The maximum absolute atomic E-state index is 13.4. The van der Waals surface area contributed by atoms with Crippen molar-refractivity contribution in [2.24, 2.45) is 11.8 Å². The molecule has 0 rings (SSSR count). The third kappa shape index (κ3) is 28.0. The van der Waals surface area contributed by atoms with Crippen molar-refractivity contribution in [2.45, 2.75) is 202 Å². The highest BCUT2D eigenvalue weighted by molar-refractivity contribution is 5.76. The summed E-state index contributed by atoms with van der Waals surface area (Å²) in [6, 6.07) is 0. The summed E-state index contributed by atoms with van der Waals surface area (Å²) in [4.78, 5) is 43.9. The van der Waals surface area contributed by atoms with Crippen LogP contribution in [0.5, 0.6) is 0 Å². The number of amides is 1. The molecule has 0 aromatic carbocycles. The molecule has 0 heterocycles. The highest BCUT2D eigenvalue weighted by Gasteiger charge is 2.23. The van der Waals surface area contributed by atoms with Crippen LogP contribution in [0, 0.1) is 11.8 Å². The third-order valence-corrected chi connectivity index (χ3v) is 10.2. The van der Waals surface area contributed by atoms with E-state index in [1.807, 2.05) is 7.05 Å². The van der Waals surface area contributed by atoms with E-state index >= 15 is 0 Å². The van der Waals surface area contributed by atoms with E-state index in [1.165, 1.54) is 89.9 Å². The number of ether oxygens (including phenoxy) is 2. The zero-order valence-electron chi connectivity index (χ0n) is 34.2. The van der Waals surface area contributed by atoms with Crippen LogP contribution >= 0.6 is 0 Å². The van der Waals surface area contributed by atoms with E-state index in [2.05, 4.69) is 39.5 Å². The van der Waals surface area contributed by atoms with E-state index in [0.717, 1.165) is 77.2 Å². The molecule has 0 bridgehead atoms. The minimum absolute atomic E-state index is 0.0199. The molecule has 0 aromatic heterocycles. The minimum Gasteiger partial charge on any atom is -0.464 e. The second-order valence-corrected chi connectivity index (χ2v) is 15.0. The van der Waals surface area contributed by atoms with Gasteiger partial charge in [-0.3, -0.25) is 14.4 Å². The van der Waals surface area contributed by atoms with Gasteiger partial charge < -0.3 is 19.3 Å². The predicted molar refractivity (Wildman–Crippen MR) is 211 cm³/mol. The van der Waals surface area contributed by atoms with Crippen LogP contribution in [0.3, 0.4) is 0 Å². The number of nitrogens with zero attached hydrogens (tertiary/aromatic N) is 2. The van der Waals surface area contributed by atoms with Gasteiger partial charge in [-0.15, -0.1) is 0 Å². The Hall–Kier alpha value is -1.63. The van der Waals surface area contributed by atoms with E-state index in [-0.39, 0.29) is 42.9 Å². The fourth-order valence-corrected chi connectivity index (χ4v) is 6.79. The van der Waals surface area contributed by atoms with Crippen molar-refractivity contribution < 1.29 is 23.9 Å². The molecular formula is C43H84N2O5. The van der Waals surface area contributed by atoms with Crippen molar-refractivity contribution in [1.29, 1.82) is 0 Å². The summed E-state index contributed by atoms with van der Waals surface area (Å²) < 4.78 is 11.7. The molecule has 0 aliphatic carbocycles. The maximum atomic E-state index is 13.4. The van der Waals surface area contributed by atoms with Crippen LogP contribution in [-0.2, 0) is 23.9 Å². The van der Waals surface area contributed by atoms with Gasteiger partial charge in [0.2, 0.25) is 5.91 Å². The Morgan fingerprint density at radius 3 is 1.14 bits per heavy atom. The summed E-state index contributed by atoms with van der Waals surface area (Å²) in [6.07, 6.45) is 28.7. The van der Waals surface area contributed by atoms with Crippen molar-refractivity contribution in [3.05, 3.63) is 0 Å². The van der Waals surface area contributed by atoms with Gasteiger partial charge in [-0.2, -0.15) is 0 Å². The summed E-state index contributed by atoms with van der Waals surface area (Å²) in [5.74, 6) is -0.334. The lowest BCUT2D eigenvalue weighted by Crippen LogP contribution is -2.39. The van der Waals surface area contributed by atoms with Crippen molar-refractivity contribution in [3.8, 4) is 0 Å². The highest BCUT2D eigenvalue weighted by Crippen LogP contribution is 2.22. The lowest BCUT2D eigenvalue weighted by Gasteiger charge is -2.25. The molecule has 296 valence electrons. The lowest BCUT2D eigenvalue weighted by molar-refractivity contribution is -0.152. The molecule has 1 amide bonds. The van der Waals surface area contributed by atoms with E-state index in [1.54, 1.807) is 4.90 Å². The molecule has 0 spiro atoms. The standard InChI is InChI=1S/C43H84N2O5/c1-7-12-16-20-22-26-30-39(28-24-18-14-9-3)42(47)49-37-35-45(41(46)32-34-44(6)33-11-5)36-38-50-43(48)40(29-25-19-15-10-4)31-27-23-21-17-13-8-2/h39-40H,7-38H2,1-6H3. The molecule has 0 N–H and O–H groups in total. The largest absolute Gasteiger partial charge is 0.464 e. The maximum Gasteiger partial charge on any atom is 0.308 e. The average Bonchev–Trinajstić information content (AvgIpc) is 3.11. The summed E-state index contributed by atoms with van der Waals surface area (Å²) in [7, 11) is 2.04. The molecule has 2 unspecified atom stereocenters. The normalized spacial score (nSPS) is 12.6. The molecule has 0 aliphatic rings. The molecule has 7 heteroatoms. The second kappa shape index (κ2) is 35.8. The molecule has 0 fully saturated rings. The smallest absolute Gasteiger partial charge is 0.308 e.